The fourth-order valence-corrected chi connectivity index (χ4v) is 5.98. The van der Waals surface area contributed by atoms with Crippen LogP contribution in [0.1, 0.15) is 38.5 Å². The van der Waals surface area contributed by atoms with Crippen molar-refractivity contribution in [2.24, 2.45) is 0 Å². The largest absolute Gasteiger partial charge is 0.379 e. The van der Waals surface area contributed by atoms with Gasteiger partial charge in [0.25, 0.3) is 0 Å². The summed E-state index contributed by atoms with van der Waals surface area (Å²) in [6, 6.07) is 6.51. The second-order valence-corrected chi connectivity index (χ2v) is 10.8. The SMILES string of the molecule is O=C(CN(C1CCCCC1)S(=O)(=O)c1ccc(Br)cc1)NCCCN1CCOCC1. The minimum absolute atomic E-state index is 0.119. The molecule has 7 nitrogen and oxygen atoms in total. The number of morpholine rings is 1. The van der Waals surface area contributed by atoms with Crippen LogP contribution in [0.2, 0.25) is 0 Å². The van der Waals surface area contributed by atoms with E-state index >= 15 is 0 Å². The van der Waals surface area contributed by atoms with Crippen LogP contribution in [0.25, 0.3) is 0 Å². The molecule has 0 radical (unpaired) electrons. The summed E-state index contributed by atoms with van der Waals surface area (Å²) < 4.78 is 34.2. The van der Waals surface area contributed by atoms with E-state index in [1.165, 1.54) is 4.31 Å². The quantitative estimate of drug-likeness (QED) is 0.526. The first-order valence-electron chi connectivity index (χ1n) is 10.8. The molecular formula is C21H32BrN3O4S. The number of amides is 1. The third-order valence-corrected chi connectivity index (χ3v) is 8.22. The smallest absolute Gasteiger partial charge is 0.243 e. The highest BCUT2D eigenvalue weighted by atomic mass is 79.9. The third kappa shape index (κ3) is 6.75. The van der Waals surface area contributed by atoms with Crippen LogP contribution >= 0.6 is 15.9 Å². The molecule has 1 aliphatic carbocycles. The van der Waals surface area contributed by atoms with Crippen LogP contribution < -0.4 is 5.32 Å². The molecule has 1 aromatic rings. The van der Waals surface area contributed by atoms with Gasteiger partial charge in [0.2, 0.25) is 15.9 Å². The van der Waals surface area contributed by atoms with Gasteiger partial charge in [-0.3, -0.25) is 9.69 Å². The van der Waals surface area contributed by atoms with Gasteiger partial charge in [-0.1, -0.05) is 35.2 Å². The number of nitrogens with zero attached hydrogens (tertiary/aromatic N) is 2. The maximum atomic E-state index is 13.3. The van der Waals surface area contributed by atoms with Crippen LogP contribution in [-0.2, 0) is 19.6 Å². The highest BCUT2D eigenvalue weighted by Crippen LogP contribution is 2.28. The van der Waals surface area contributed by atoms with Gasteiger partial charge in [0.1, 0.15) is 0 Å². The molecule has 30 heavy (non-hydrogen) atoms. The molecule has 2 aliphatic rings. The summed E-state index contributed by atoms with van der Waals surface area (Å²) >= 11 is 3.35. The summed E-state index contributed by atoms with van der Waals surface area (Å²) in [5, 5.41) is 2.91. The molecule has 0 atom stereocenters. The number of halogens is 1. The zero-order valence-corrected chi connectivity index (χ0v) is 19.8. The lowest BCUT2D eigenvalue weighted by atomic mass is 9.95. The maximum Gasteiger partial charge on any atom is 0.243 e. The van der Waals surface area contributed by atoms with Crippen molar-refractivity contribution in [1.82, 2.24) is 14.5 Å². The standard InChI is InChI=1S/C21H32BrN3O4S/c22-18-7-9-20(10-8-18)30(27,28)25(19-5-2-1-3-6-19)17-21(26)23-11-4-12-24-13-15-29-16-14-24/h7-10,19H,1-6,11-17H2,(H,23,26). The van der Waals surface area contributed by atoms with Gasteiger partial charge < -0.3 is 10.1 Å². The van der Waals surface area contributed by atoms with Crippen molar-refractivity contribution in [3.05, 3.63) is 28.7 Å². The molecule has 1 N–H and O–H groups in total. The molecule has 168 valence electrons. The highest BCUT2D eigenvalue weighted by Gasteiger charge is 2.33. The predicted molar refractivity (Wildman–Crippen MR) is 120 cm³/mol. The van der Waals surface area contributed by atoms with Crippen molar-refractivity contribution < 1.29 is 17.9 Å². The zero-order valence-electron chi connectivity index (χ0n) is 17.4. The number of rotatable bonds is 9. The first-order chi connectivity index (χ1) is 14.5. The van der Waals surface area contributed by atoms with Crippen molar-refractivity contribution >= 4 is 31.9 Å². The molecule has 1 aliphatic heterocycles. The lowest BCUT2D eigenvalue weighted by molar-refractivity contribution is -0.121. The summed E-state index contributed by atoms with van der Waals surface area (Å²) in [5.41, 5.74) is 0. The topological polar surface area (TPSA) is 79.0 Å². The molecule has 3 rings (SSSR count). The second kappa shape index (κ2) is 11.6. The molecule has 0 bridgehead atoms. The molecule has 1 saturated carbocycles. The van der Waals surface area contributed by atoms with E-state index in [4.69, 9.17) is 4.74 Å². The van der Waals surface area contributed by atoms with Crippen LogP contribution in [0.15, 0.2) is 33.6 Å². The molecule has 1 heterocycles. The van der Waals surface area contributed by atoms with Gasteiger partial charge in [-0.15, -0.1) is 0 Å². The van der Waals surface area contributed by atoms with E-state index in [-0.39, 0.29) is 23.4 Å². The number of hydrogen-bond acceptors (Lipinski definition) is 5. The van der Waals surface area contributed by atoms with Gasteiger partial charge in [0.15, 0.2) is 0 Å². The summed E-state index contributed by atoms with van der Waals surface area (Å²) in [6.07, 6.45) is 5.57. The third-order valence-electron chi connectivity index (χ3n) is 5.78. The Hall–Kier alpha value is -1.00. The van der Waals surface area contributed by atoms with Crippen LogP contribution in [-0.4, -0.2) is 75.5 Å². The van der Waals surface area contributed by atoms with Crippen LogP contribution in [0.4, 0.5) is 0 Å². The van der Waals surface area contributed by atoms with Gasteiger partial charge in [0, 0.05) is 30.1 Å². The van der Waals surface area contributed by atoms with Gasteiger partial charge in [-0.25, -0.2) is 8.42 Å². The Morgan fingerprint density at radius 3 is 2.47 bits per heavy atom. The van der Waals surface area contributed by atoms with Crippen LogP contribution in [0, 0.1) is 0 Å². The zero-order chi connectivity index (χ0) is 21.4. The van der Waals surface area contributed by atoms with Crippen molar-refractivity contribution in [3.63, 3.8) is 0 Å². The fourth-order valence-electron chi connectivity index (χ4n) is 4.07. The summed E-state index contributed by atoms with van der Waals surface area (Å²) in [6.45, 7) is 4.71. The predicted octanol–water partition coefficient (Wildman–Crippen LogP) is 2.61. The Balaban J connectivity index is 1.59. The number of hydrogen-bond donors (Lipinski definition) is 1. The van der Waals surface area contributed by atoms with Crippen LogP contribution in [0.5, 0.6) is 0 Å². The minimum Gasteiger partial charge on any atom is -0.379 e. The average Bonchev–Trinajstić information content (AvgIpc) is 2.76. The number of sulfonamides is 1. The lowest BCUT2D eigenvalue weighted by Crippen LogP contribution is -2.47. The van der Waals surface area contributed by atoms with Crippen molar-refractivity contribution in [2.45, 2.75) is 49.5 Å². The number of nitrogens with one attached hydrogen (secondary N) is 1. The minimum atomic E-state index is -3.73. The Bertz CT molecular complexity index is 776. The lowest BCUT2D eigenvalue weighted by Gasteiger charge is -2.33. The Morgan fingerprint density at radius 1 is 1.13 bits per heavy atom. The van der Waals surface area contributed by atoms with Crippen molar-refractivity contribution in [1.29, 1.82) is 0 Å². The number of benzene rings is 1. The molecule has 0 spiro atoms. The average molecular weight is 502 g/mol. The molecule has 0 unspecified atom stereocenters. The Morgan fingerprint density at radius 2 is 1.80 bits per heavy atom. The number of carbonyl (C=O) groups excluding carboxylic acids is 1. The summed E-state index contributed by atoms with van der Waals surface area (Å²) in [4.78, 5) is 15.2. The monoisotopic (exact) mass is 501 g/mol. The molecule has 1 aromatic carbocycles. The van der Waals surface area contributed by atoms with Crippen molar-refractivity contribution in [3.8, 4) is 0 Å². The first kappa shape index (κ1) is 23.7. The van der Waals surface area contributed by atoms with E-state index in [9.17, 15) is 13.2 Å². The molecule has 9 heteroatoms. The summed E-state index contributed by atoms with van der Waals surface area (Å²) in [7, 11) is -3.73. The molecule has 2 fully saturated rings. The van der Waals surface area contributed by atoms with E-state index < -0.39 is 10.0 Å². The van der Waals surface area contributed by atoms with Crippen molar-refractivity contribution in [2.75, 3.05) is 45.9 Å². The van der Waals surface area contributed by atoms with E-state index in [1.807, 2.05) is 0 Å². The van der Waals surface area contributed by atoms with Crippen LogP contribution in [0.3, 0.4) is 0 Å². The van der Waals surface area contributed by atoms with E-state index in [0.29, 0.717) is 6.54 Å². The number of ether oxygens (including phenoxy) is 1. The van der Waals surface area contributed by atoms with E-state index in [1.54, 1.807) is 24.3 Å². The van der Waals surface area contributed by atoms with Gasteiger partial charge in [-0.2, -0.15) is 4.31 Å². The van der Waals surface area contributed by atoms with E-state index in [0.717, 1.165) is 75.8 Å². The molecule has 1 saturated heterocycles. The van der Waals surface area contributed by atoms with Gasteiger partial charge >= 0.3 is 0 Å². The molecule has 1 amide bonds. The molecule has 0 aromatic heterocycles. The Labute approximate surface area is 188 Å². The fraction of sp³-hybridized carbons (Fsp3) is 0.667. The summed E-state index contributed by atoms with van der Waals surface area (Å²) in [5.74, 6) is -0.233. The normalized spacial score (nSPS) is 19.1. The van der Waals surface area contributed by atoms with Gasteiger partial charge in [0.05, 0.1) is 24.7 Å². The Kier molecular flexibility index (Phi) is 9.13. The number of carbonyl (C=O) groups is 1. The van der Waals surface area contributed by atoms with Gasteiger partial charge in [-0.05, 0) is 50.1 Å². The molecular weight excluding hydrogens is 470 g/mol. The second-order valence-electron chi connectivity index (χ2n) is 7.95. The highest BCUT2D eigenvalue weighted by molar-refractivity contribution is 9.10. The maximum absolute atomic E-state index is 13.3. The first-order valence-corrected chi connectivity index (χ1v) is 13.0. The van der Waals surface area contributed by atoms with E-state index in [2.05, 4.69) is 26.1 Å².